The predicted molar refractivity (Wildman–Crippen MR) is 79.2 cm³/mol. The van der Waals surface area contributed by atoms with Crippen LogP contribution in [0, 0.1) is 6.92 Å². The summed E-state index contributed by atoms with van der Waals surface area (Å²) in [4.78, 5) is 26.3. The maximum atomic E-state index is 12.4. The highest BCUT2D eigenvalue weighted by molar-refractivity contribution is 5.86. The summed E-state index contributed by atoms with van der Waals surface area (Å²) < 4.78 is 10.8. The lowest BCUT2D eigenvalue weighted by molar-refractivity contribution is -0.125. The van der Waals surface area contributed by atoms with Gasteiger partial charge >= 0.3 is 6.09 Å². The number of amides is 2. The minimum atomic E-state index is -0.477. The number of rotatable bonds is 4. The Kier molecular flexibility index (Phi) is 4.09. The molecule has 0 bridgehead atoms. The van der Waals surface area contributed by atoms with E-state index in [2.05, 4.69) is 5.32 Å². The third-order valence-electron chi connectivity index (χ3n) is 4.18. The van der Waals surface area contributed by atoms with Gasteiger partial charge in [0.05, 0.1) is 12.6 Å². The van der Waals surface area contributed by atoms with E-state index >= 15 is 0 Å². The van der Waals surface area contributed by atoms with Crippen molar-refractivity contribution < 1.29 is 18.7 Å². The molecular formula is C16H22N2O4. The van der Waals surface area contributed by atoms with E-state index in [1.807, 2.05) is 19.1 Å². The van der Waals surface area contributed by atoms with E-state index < -0.39 is 12.1 Å². The van der Waals surface area contributed by atoms with Crippen molar-refractivity contribution in [1.29, 1.82) is 0 Å². The minimum Gasteiger partial charge on any atom is -0.464 e. The van der Waals surface area contributed by atoms with Gasteiger partial charge in [-0.1, -0.05) is 0 Å². The molecule has 0 aromatic carbocycles. The zero-order valence-corrected chi connectivity index (χ0v) is 13.0. The van der Waals surface area contributed by atoms with Crippen LogP contribution in [0.5, 0.6) is 0 Å². The lowest BCUT2D eigenvalue weighted by Crippen LogP contribution is -2.47. The number of likely N-dealkylation sites (tertiary alicyclic amines) is 1. The molecule has 1 saturated heterocycles. The number of aryl methyl sites for hydroxylation is 1. The Labute approximate surface area is 129 Å². The summed E-state index contributed by atoms with van der Waals surface area (Å²) in [6.45, 7) is 3.92. The molecule has 2 fully saturated rings. The normalized spacial score (nSPS) is 24.4. The zero-order valence-electron chi connectivity index (χ0n) is 13.0. The standard InChI is InChI=1S/C16H22N2O4/c1-3-21-16(20)18-12(14-9-4-10(2)22-14)7-8-13(18)15(19)17-11-5-6-11/h4,9,11-13H,3,5-8H2,1-2H3,(H,17,19)/t12-,13+/m1/s1. The van der Waals surface area contributed by atoms with Crippen molar-refractivity contribution in [2.45, 2.75) is 57.7 Å². The molecule has 2 amide bonds. The van der Waals surface area contributed by atoms with E-state index in [1.54, 1.807) is 11.8 Å². The lowest BCUT2D eigenvalue weighted by atomic mass is 10.1. The van der Waals surface area contributed by atoms with Crippen molar-refractivity contribution >= 4 is 12.0 Å². The fraction of sp³-hybridized carbons (Fsp3) is 0.625. The van der Waals surface area contributed by atoms with Crippen molar-refractivity contribution in [3.8, 4) is 0 Å². The summed E-state index contributed by atoms with van der Waals surface area (Å²) in [5, 5.41) is 2.98. The van der Waals surface area contributed by atoms with E-state index in [4.69, 9.17) is 9.15 Å². The minimum absolute atomic E-state index is 0.0821. The summed E-state index contributed by atoms with van der Waals surface area (Å²) >= 11 is 0. The molecule has 6 heteroatoms. The first-order valence-corrected chi connectivity index (χ1v) is 7.92. The number of hydrogen-bond donors (Lipinski definition) is 1. The molecule has 0 spiro atoms. The molecule has 2 aliphatic rings. The molecule has 1 aliphatic carbocycles. The molecule has 0 unspecified atom stereocenters. The van der Waals surface area contributed by atoms with Crippen molar-refractivity contribution in [2.24, 2.45) is 0 Å². The Morgan fingerprint density at radius 2 is 2.09 bits per heavy atom. The van der Waals surface area contributed by atoms with E-state index in [9.17, 15) is 9.59 Å². The maximum absolute atomic E-state index is 12.4. The van der Waals surface area contributed by atoms with E-state index in [0.717, 1.165) is 18.6 Å². The highest BCUT2D eigenvalue weighted by Gasteiger charge is 2.44. The first-order valence-electron chi connectivity index (χ1n) is 7.92. The van der Waals surface area contributed by atoms with Crippen LogP contribution in [0.3, 0.4) is 0 Å². The second kappa shape index (κ2) is 6.02. The SMILES string of the molecule is CCOC(=O)N1[C@@H](c2ccc(C)o2)CC[C@H]1C(=O)NC1CC1. The second-order valence-electron chi connectivity index (χ2n) is 5.95. The summed E-state index contributed by atoms with van der Waals surface area (Å²) in [5.41, 5.74) is 0. The van der Waals surface area contributed by atoms with Crippen molar-refractivity contribution in [1.82, 2.24) is 10.2 Å². The number of carbonyl (C=O) groups is 2. The molecule has 1 aromatic rings. The number of nitrogens with one attached hydrogen (secondary N) is 1. The second-order valence-corrected chi connectivity index (χ2v) is 5.95. The van der Waals surface area contributed by atoms with Gasteiger partial charge in [-0.15, -0.1) is 0 Å². The number of furan rings is 1. The summed E-state index contributed by atoms with van der Waals surface area (Å²) in [5.74, 6) is 1.43. The molecule has 2 heterocycles. The largest absolute Gasteiger partial charge is 0.464 e. The molecular weight excluding hydrogens is 284 g/mol. The number of ether oxygens (including phenoxy) is 1. The van der Waals surface area contributed by atoms with E-state index in [0.29, 0.717) is 18.6 Å². The van der Waals surface area contributed by atoms with Crippen LogP contribution < -0.4 is 5.32 Å². The molecule has 2 atom stereocenters. The van der Waals surface area contributed by atoms with Gasteiger partial charge in [0.25, 0.3) is 0 Å². The van der Waals surface area contributed by atoms with Gasteiger partial charge in [-0.2, -0.15) is 0 Å². The Morgan fingerprint density at radius 3 is 2.68 bits per heavy atom. The fourth-order valence-electron chi connectivity index (χ4n) is 2.96. The fourth-order valence-corrected chi connectivity index (χ4v) is 2.96. The molecule has 0 radical (unpaired) electrons. The summed E-state index contributed by atoms with van der Waals surface area (Å²) in [6, 6.07) is 3.31. The Bertz CT molecular complexity index is 564. The van der Waals surface area contributed by atoms with Crippen LogP contribution in [0.1, 0.15) is 50.2 Å². The summed E-state index contributed by atoms with van der Waals surface area (Å²) in [7, 11) is 0. The van der Waals surface area contributed by atoms with Gasteiger partial charge in [0.2, 0.25) is 5.91 Å². The van der Waals surface area contributed by atoms with Gasteiger partial charge in [0, 0.05) is 6.04 Å². The Morgan fingerprint density at radius 1 is 1.32 bits per heavy atom. The van der Waals surface area contributed by atoms with Gasteiger partial charge in [0.15, 0.2) is 0 Å². The molecule has 3 rings (SSSR count). The van der Waals surface area contributed by atoms with Gasteiger partial charge in [-0.05, 0) is 51.7 Å². The first kappa shape index (κ1) is 14.9. The molecule has 22 heavy (non-hydrogen) atoms. The lowest BCUT2D eigenvalue weighted by Gasteiger charge is -2.27. The predicted octanol–water partition coefficient (Wildman–Crippen LogP) is 2.53. The number of nitrogens with zero attached hydrogens (tertiary/aromatic N) is 1. The topological polar surface area (TPSA) is 71.8 Å². The van der Waals surface area contributed by atoms with Crippen LogP contribution in [0.15, 0.2) is 16.5 Å². The third kappa shape index (κ3) is 2.96. The van der Waals surface area contributed by atoms with Crippen LogP contribution in [0.2, 0.25) is 0 Å². The molecule has 6 nitrogen and oxygen atoms in total. The van der Waals surface area contributed by atoms with Gasteiger partial charge < -0.3 is 14.5 Å². The Hall–Kier alpha value is -1.98. The van der Waals surface area contributed by atoms with E-state index in [1.165, 1.54) is 0 Å². The van der Waals surface area contributed by atoms with Crippen LogP contribution in [0.25, 0.3) is 0 Å². The maximum Gasteiger partial charge on any atom is 0.411 e. The number of carbonyl (C=O) groups excluding carboxylic acids is 2. The highest BCUT2D eigenvalue weighted by atomic mass is 16.6. The number of hydrogen-bond acceptors (Lipinski definition) is 4. The monoisotopic (exact) mass is 306 g/mol. The van der Waals surface area contributed by atoms with Gasteiger partial charge in [0.1, 0.15) is 17.6 Å². The quantitative estimate of drug-likeness (QED) is 0.928. The van der Waals surface area contributed by atoms with Crippen molar-refractivity contribution in [3.05, 3.63) is 23.7 Å². The van der Waals surface area contributed by atoms with Crippen LogP contribution in [0.4, 0.5) is 4.79 Å². The van der Waals surface area contributed by atoms with Crippen LogP contribution >= 0.6 is 0 Å². The van der Waals surface area contributed by atoms with Gasteiger partial charge in [-0.25, -0.2) is 4.79 Å². The average molecular weight is 306 g/mol. The van der Waals surface area contributed by atoms with Crippen LogP contribution in [-0.2, 0) is 9.53 Å². The first-order chi connectivity index (χ1) is 10.6. The zero-order chi connectivity index (χ0) is 15.7. The third-order valence-corrected chi connectivity index (χ3v) is 4.18. The molecule has 1 aliphatic heterocycles. The molecule has 1 saturated carbocycles. The van der Waals surface area contributed by atoms with Crippen LogP contribution in [-0.4, -0.2) is 35.6 Å². The molecule has 120 valence electrons. The van der Waals surface area contributed by atoms with Crippen molar-refractivity contribution in [2.75, 3.05) is 6.61 Å². The average Bonchev–Trinajstić information content (AvgIpc) is 3.01. The molecule has 1 N–H and O–H groups in total. The van der Waals surface area contributed by atoms with E-state index in [-0.39, 0.29) is 24.6 Å². The molecule has 1 aromatic heterocycles. The van der Waals surface area contributed by atoms with Crippen molar-refractivity contribution in [3.63, 3.8) is 0 Å². The smallest absolute Gasteiger partial charge is 0.411 e. The Balaban J connectivity index is 1.80. The van der Waals surface area contributed by atoms with Gasteiger partial charge in [-0.3, -0.25) is 9.69 Å². The highest BCUT2D eigenvalue weighted by Crippen LogP contribution is 2.38. The summed E-state index contributed by atoms with van der Waals surface area (Å²) in [6.07, 6.45) is 2.93.